The van der Waals surface area contributed by atoms with E-state index in [0.717, 1.165) is 11.1 Å². The SMILES string of the molecule is COc1cc(CCC(=O)C[C@@H](CCc2ccc(O)c(OC)c2)OC(C)=O)ccc1O. The highest BCUT2D eigenvalue weighted by Crippen LogP contribution is 2.28. The minimum atomic E-state index is -0.524. The van der Waals surface area contributed by atoms with Gasteiger partial charge in [-0.05, 0) is 54.7 Å². The molecule has 0 radical (unpaired) electrons. The van der Waals surface area contributed by atoms with E-state index in [0.29, 0.717) is 37.2 Å². The maximum atomic E-state index is 12.5. The van der Waals surface area contributed by atoms with Crippen LogP contribution < -0.4 is 9.47 Å². The Kier molecular flexibility index (Phi) is 8.53. The molecule has 0 spiro atoms. The van der Waals surface area contributed by atoms with Gasteiger partial charge in [0.2, 0.25) is 0 Å². The lowest BCUT2D eigenvalue weighted by atomic mass is 9.99. The molecule has 0 aromatic heterocycles. The van der Waals surface area contributed by atoms with Crippen LogP contribution in [0.2, 0.25) is 0 Å². The molecule has 0 bridgehead atoms. The van der Waals surface area contributed by atoms with E-state index in [1.807, 2.05) is 0 Å². The van der Waals surface area contributed by atoms with Gasteiger partial charge in [-0.15, -0.1) is 0 Å². The van der Waals surface area contributed by atoms with Gasteiger partial charge in [0.1, 0.15) is 11.9 Å². The van der Waals surface area contributed by atoms with Gasteiger partial charge in [-0.1, -0.05) is 12.1 Å². The third kappa shape index (κ3) is 6.99. The summed E-state index contributed by atoms with van der Waals surface area (Å²) in [6.45, 7) is 1.32. The normalized spacial score (nSPS) is 11.6. The summed E-state index contributed by atoms with van der Waals surface area (Å²) >= 11 is 0. The van der Waals surface area contributed by atoms with Crippen molar-refractivity contribution in [1.82, 2.24) is 0 Å². The topological polar surface area (TPSA) is 102 Å². The Hall–Kier alpha value is -3.22. The van der Waals surface area contributed by atoms with Crippen LogP contribution in [-0.2, 0) is 27.2 Å². The van der Waals surface area contributed by atoms with E-state index in [4.69, 9.17) is 14.2 Å². The first kappa shape index (κ1) is 23.1. The second-order valence-electron chi connectivity index (χ2n) is 7.03. The first-order chi connectivity index (χ1) is 14.3. The van der Waals surface area contributed by atoms with Crippen molar-refractivity contribution < 1.29 is 34.0 Å². The summed E-state index contributed by atoms with van der Waals surface area (Å²) in [7, 11) is 2.94. The number of aromatic hydroxyl groups is 2. The van der Waals surface area contributed by atoms with Crippen LogP contribution in [0, 0.1) is 0 Å². The molecule has 7 nitrogen and oxygen atoms in total. The highest BCUT2D eigenvalue weighted by molar-refractivity contribution is 5.79. The van der Waals surface area contributed by atoms with E-state index in [9.17, 15) is 19.8 Å². The summed E-state index contributed by atoms with van der Waals surface area (Å²) in [5, 5.41) is 19.3. The fourth-order valence-electron chi connectivity index (χ4n) is 3.16. The molecule has 0 aliphatic rings. The maximum Gasteiger partial charge on any atom is 0.302 e. The Morgan fingerprint density at radius 2 is 1.43 bits per heavy atom. The number of carbonyl (C=O) groups is 2. The van der Waals surface area contributed by atoms with Gasteiger partial charge in [0.25, 0.3) is 0 Å². The molecule has 0 aliphatic heterocycles. The van der Waals surface area contributed by atoms with Crippen LogP contribution in [0.3, 0.4) is 0 Å². The van der Waals surface area contributed by atoms with Crippen molar-refractivity contribution in [2.24, 2.45) is 0 Å². The first-order valence-corrected chi connectivity index (χ1v) is 9.73. The molecule has 0 saturated carbocycles. The van der Waals surface area contributed by atoms with Crippen LogP contribution in [0.15, 0.2) is 36.4 Å². The highest BCUT2D eigenvalue weighted by Gasteiger charge is 2.18. The van der Waals surface area contributed by atoms with E-state index in [2.05, 4.69) is 0 Å². The molecular formula is C23H28O7. The lowest BCUT2D eigenvalue weighted by Crippen LogP contribution is -2.21. The van der Waals surface area contributed by atoms with Crippen LogP contribution in [0.25, 0.3) is 0 Å². The quantitative estimate of drug-likeness (QED) is 0.540. The van der Waals surface area contributed by atoms with Gasteiger partial charge in [0.05, 0.1) is 14.2 Å². The molecule has 0 amide bonds. The zero-order valence-corrected chi connectivity index (χ0v) is 17.5. The van der Waals surface area contributed by atoms with E-state index in [-0.39, 0.29) is 23.7 Å². The number of hydrogen-bond donors (Lipinski definition) is 2. The average Bonchev–Trinajstić information content (AvgIpc) is 2.72. The van der Waals surface area contributed by atoms with Gasteiger partial charge in [-0.25, -0.2) is 0 Å². The number of aryl methyl sites for hydroxylation is 2. The van der Waals surface area contributed by atoms with Crippen LogP contribution in [0.1, 0.15) is 37.3 Å². The van der Waals surface area contributed by atoms with Crippen molar-refractivity contribution in [2.75, 3.05) is 14.2 Å². The van der Waals surface area contributed by atoms with Crippen molar-refractivity contribution in [3.63, 3.8) is 0 Å². The lowest BCUT2D eigenvalue weighted by molar-refractivity contribution is -0.147. The lowest BCUT2D eigenvalue weighted by Gasteiger charge is -2.17. The number of ether oxygens (including phenoxy) is 3. The predicted molar refractivity (Wildman–Crippen MR) is 111 cm³/mol. The van der Waals surface area contributed by atoms with Crippen LogP contribution >= 0.6 is 0 Å². The Morgan fingerprint density at radius 1 is 0.900 bits per heavy atom. The Morgan fingerprint density at radius 3 is 1.93 bits per heavy atom. The summed E-state index contributed by atoms with van der Waals surface area (Å²) < 4.78 is 15.5. The number of methoxy groups -OCH3 is 2. The number of carbonyl (C=O) groups excluding carboxylic acids is 2. The fraction of sp³-hybridized carbons (Fsp3) is 0.391. The van der Waals surface area contributed by atoms with Crippen LogP contribution in [-0.4, -0.2) is 42.3 Å². The standard InChI is InChI=1S/C23H28O7/c1-15(24)30-19(9-5-17-7-11-21(27)23(13-17)29-3)14-18(25)8-4-16-6-10-20(26)22(12-16)28-2/h6-7,10-13,19,26-27H,4-5,8-9,14H2,1-3H3/t19-/m1/s1. The van der Waals surface area contributed by atoms with Gasteiger partial charge in [0, 0.05) is 19.8 Å². The summed E-state index contributed by atoms with van der Waals surface area (Å²) in [4.78, 5) is 23.9. The van der Waals surface area contributed by atoms with Crippen molar-refractivity contribution in [1.29, 1.82) is 0 Å². The molecule has 2 N–H and O–H groups in total. The largest absolute Gasteiger partial charge is 0.504 e. The molecule has 30 heavy (non-hydrogen) atoms. The average molecular weight is 416 g/mol. The monoisotopic (exact) mass is 416 g/mol. The molecule has 2 aromatic rings. The third-order valence-electron chi connectivity index (χ3n) is 4.72. The number of Topliss-reactive ketones (excluding diaryl/α,β-unsaturated/α-hetero) is 1. The van der Waals surface area contributed by atoms with E-state index >= 15 is 0 Å². The number of phenols is 2. The molecule has 0 fully saturated rings. The molecule has 0 saturated heterocycles. The number of hydrogen-bond acceptors (Lipinski definition) is 7. The first-order valence-electron chi connectivity index (χ1n) is 9.73. The number of benzene rings is 2. The summed E-state index contributed by atoms with van der Waals surface area (Å²) in [5.41, 5.74) is 1.78. The van der Waals surface area contributed by atoms with Crippen molar-refractivity contribution in [3.05, 3.63) is 47.5 Å². The smallest absolute Gasteiger partial charge is 0.302 e. The van der Waals surface area contributed by atoms with Gasteiger partial charge < -0.3 is 24.4 Å². The highest BCUT2D eigenvalue weighted by atomic mass is 16.5. The van der Waals surface area contributed by atoms with Crippen molar-refractivity contribution in [3.8, 4) is 23.0 Å². The molecule has 2 aromatic carbocycles. The van der Waals surface area contributed by atoms with E-state index in [1.54, 1.807) is 30.3 Å². The summed E-state index contributed by atoms with van der Waals surface area (Å²) in [5.74, 6) is 0.391. The zero-order valence-electron chi connectivity index (χ0n) is 17.5. The number of ketones is 1. The molecule has 162 valence electrons. The molecule has 0 aliphatic carbocycles. The van der Waals surface area contributed by atoms with Crippen molar-refractivity contribution >= 4 is 11.8 Å². The minimum absolute atomic E-state index is 0.0171. The molecule has 1 atom stereocenters. The number of esters is 1. The zero-order chi connectivity index (χ0) is 22.1. The second kappa shape index (κ2) is 11.1. The molecule has 2 rings (SSSR count). The summed E-state index contributed by atoms with van der Waals surface area (Å²) in [6.07, 6.45) is 1.44. The Bertz CT molecular complexity index is 876. The van der Waals surface area contributed by atoms with Gasteiger partial charge in [-0.3, -0.25) is 9.59 Å². The van der Waals surface area contributed by atoms with E-state index < -0.39 is 12.1 Å². The van der Waals surface area contributed by atoms with Crippen LogP contribution in [0.5, 0.6) is 23.0 Å². The molecule has 0 heterocycles. The second-order valence-corrected chi connectivity index (χ2v) is 7.03. The third-order valence-corrected chi connectivity index (χ3v) is 4.72. The van der Waals surface area contributed by atoms with Gasteiger partial charge in [-0.2, -0.15) is 0 Å². The van der Waals surface area contributed by atoms with Crippen LogP contribution in [0.4, 0.5) is 0 Å². The minimum Gasteiger partial charge on any atom is -0.504 e. The fourth-order valence-corrected chi connectivity index (χ4v) is 3.16. The van der Waals surface area contributed by atoms with E-state index in [1.165, 1.54) is 27.2 Å². The maximum absolute atomic E-state index is 12.5. The van der Waals surface area contributed by atoms with Gasteiger partial charge >= 0.3 is 5.97 Å². The predicted octanol–water partition coefficient (Wildman–Crippen LogP) is 3.57. The Labute approximate surface area is 176 Å². The number of rotatable bonds is 11. The van der Waals surface area contributed by atoms with Gasteiger partial charge in [0.15, 0.2) is 23.0 Å². The molecule has 0 unspecified atom stereocenters. The molecule has 7 heteroatoms. The molecular weight excluding hydrogens is 388 g/mol. The van der Waals surface area contributed by atoms with Crippen molar-refractivity contribution in [2.45, 2.75) is 45.1 Å². The summed E-state index contributed by atoms with van der Waals surface area (Å²) in [6, 6.07) is 10.0. The number of phenolic OH excluding ortho intramolecular Hbond substituents is 2. The Balaban J connectivity index is 1.93.